The van der Waals surface area contributed by atoms with E-state index in [1.807, 2.05) is 0 Å². The van der Waals surface area contributed by atoms with Gasteiger partial charge in [-0.05, 0) is 29.7 Å². The van der Waals surface area contributed by atoms with E-state index in [9.17, 15) is 0 Å². The third-order valence-corrected chi connectivity index (χ3v) is 4.53. The third kappa shape index (κ3) is 2.74. The summed E-state index contributed by atoms with van der Waals surface area (Å²) in [7, 11) is 3.55. The van der Waals surface area contributed by atoms with Crippen molar-refractivity contribution in [1.29, 1.82) is 0 Å². The van der Waals surface area contributed by atoms with Crippen LogP contribution in [0.15, 0.2) is 18.2 Å². The fourth-order valence-electron chi connectivity index (χ4n) is 3.40. The van der Waals surface area contributed by atoms with Gasteiger partial charge in [0, 0.05) is 40.4 Å². The highest BCUT2D eigenvalue weighted by Gasteiger charge is 2.33. The van der Waals surface area contributed by atoms with Crippen LogP contribution < -0.4 is 5.32 Å². The molecule has 20 heavy (non-hydrogen) atoms. The molecule has 1 fully saturated rings. The summed E-state index contributed by atoms with van der Waals surface area (Å²) in [5, 5.41) is 3.44. The van der Waals surface area contributed by atoms with E-state index in [4.69, 9.17) is 9.47 Å². The molecule has 0 spiro atoms. The van der Waals surface area contributed by atoms with Crippen molar-refractivity contribution in [2.45, 2.75) is 31.7 Å². The number of nitrogens with zero attached hydrogens (tertiary/aromatic N) is 1. The number of rotatable bonds is 4. The molecule has 0 aromatic heterocycles. The molecule has 0 amide bonds. The highest BCUT2D eigenvalue weighted by Crippen LogP contribution is 2.23. The molecule has 1 N–H and O–H groups in total. The van der Waals surface area contributed by atoms with Gasteiger partial charge in [-0.15, -0.1) is 0 Å². The lowest BCUT2D eigenvalue weighted by molar-refractivity contribution is -0.00461. The second-order valence-electron chi connectivity index (χ2n) is 5.72. The number of hydrogen-bond acceptors (Lipinski definition) is 4. The fraction of sp³-hybridized carbons (Fsp3) is 0.625. The Bertz CT molecular complexity index is 452. The standard InChI is InChI=1S/C16H24N2O2/c1-19-15-10-18(11-16(15)20-2)9-13-5-3-4-12-8-17-7-6-14(12)13/h3-5,15-17H,6-11H2,1-2H3. The van der Waals surface area contributed by atoms with E-state index >= 15 is 0 Å². The second-order valence-corrected chi connectivity index (χ2v) is 5.72. The van der Waals surface area contributed by atoms with Gasteiger partial charge in [0.25, 0.3) is 0 Å². The predicted octanol–water partition coefficient (Wildman–Crippen LogP) is 1.18. The van der Waals surface area contributed by atoms with Gasteiger partial charge in [0.05, 0.1) is 12.2 Å². The maximum atomic E-state index is 5.52. The second kappa shape index (κ2) is 6.22. The molecule has 4 heteroatoms. The largest absolute Gasteiger partial charge is 0.377 e. The number of likely N-dealkylation sites (tertiary alicyclic amines) is 1. The van der Waals surface area contributed by atoms with Crippen molar-refractivity contribution >= 4 is 0 Å². The first kappa shape index (κ1) is 14.0. The molecular weight excluding hydrogens is 252 g/mol. The van der Waals surface area contributed by atoms with Gasteiger partial charge in [0.2, 0.25) is 0 Å². The van der Waals surface area contributed by atoms with Crippen LogP contribution in [-0.2, 0) is 29.0 Å². The molecule has 2 aliphatic rings. The highest BCUT2D eigenvalue weighted by molar-refractivity contribution is 5.37. The van der Waals surface area contributed by atoms with E-state index in [1.54, 1.807) is 19.8 Å². The molecule has 0 bridgehead atoms. The van der Waals surface area contributed by atoms with Crippen molar-refractivity contribution in [2.24, 2.45) is 0 Å². The Hall–Kier alpha value is -0.940. The highest BCUT2D eigenvalue weighted by atomic mass is 16.5. The third-order valence-electron chi connectivity index (χ3n) is 4.53. The molecule has 1 aromatic carbocycles. The molecule has 1 saturated heterocycles. The summed E-state index contributed by atoms with van der Waals surface area (Å²) < 4.78 is 11.0. The van der Waals surface area contributed by atoms with Crippen molar-refractivity contribution in [3.05, 3.63) is 34.9 Å². The number of fused-ring (bicyclic) bond motifs is 1. The Labute approximate surface area is 121 Å². The van der Waals surface area contributed by atoms with Crippen LogP contribution in [0.1, 0.15) is 16.7 Å². The van der Waals surface area contributed by atoms with Gasteiger partial charge < -0.3 is 14.8 Å². The molecule has 0 radical (unpaired) electrons. The molecule has 2 unspecified atom stereocenters. The van der Waals surface area contributed by atoms with Crippen molar-refractivity contribution in [3.8, 4) is 0 Å². The molecule has 2 aliphatic heterocycles. The zero-order valence-electron chi connectivity index (χ0n) is 12.4. The lowest BCUT2D eigenvalue weighted by Crippen LogP contribution is -2.27. The monoisotopic (exact) mass is 276 g/mol. The van der Waals surface area contributed by atoms with Crippen LogP contribution >= 0.6 is 0 Å². The van der Waals surface area contributed by atoms with E-state index in [0.29, 0.717) is 0 Å². The Kier molecular flexibility index (Phi) is 4.36. The van der Waals surface area contributed by atoms with Crippen molar-refractivity contribution in [3.63, 3.8) is 0 Å². The minimum Gasteiger partial charge on any atom is -0.377 e. The van der Waals surface area contributed by atoms with Crippen molar-refractivity contribution < 1.29 is 9.47 Å². The van der Waals surface area contributed by atoms with Crippen LogP contribution in [0.3, 0.4) is 0 Å². The van der Waals surface area contributed by atoms with Crippen LogP contribution in [0.4, 0.5) is 0 Å². The molecule has 4 nitrogen and oxygen atoms in total. The van der Waals surface area contributed by atoms with Gasteiger partial charge in [0.1, 0.15) is 0 Å². The van der Waals surface area contributed by atoms with Gasteiger partial charge in [-0.3, -0.25) is 4.90 Å². The predicted molar refractivity (Wildman–Crippen MR) is 78.7 cm³/mol. The minimum atomic E-state index is 0.196. The zero-order valence-corrected chi connectivity index (χ0v) is 12.4. The van der Waals surface area contributed by atoms with Crippen LogP contribution in [-0.4, -0.2) is 51.0 Å². The SMILES string of the molecule is COC1CN(Cc2cccc3c2CCNC3)CC1OC. The normalized spacial score (nSPS) is 26.7. The topological polar surface area (TPSA) is 33.7 Å². The van der Waals surface area contributed by atoms with Gasteiger partial charge >= 0.3 is 0 Å². The Balaban J connectivity index is 1.72. The van der Waals surface area contributed by atoms with Gasteiger partial charge in [-0.2, -0.15) is 0 Å². The van der Waals surface area contributed by atoms with Crippen LogP contribution in [0.5, 0.6) is 0 Å². The van der Waals surface area contributed by atoms with E-state index in [0.717, 1.165) is 39.1 Å². The van der Waals surface area contributed by atoms with E-state index in [2.05, 4.69) is 28.4 Å². The first-order valence-corrected chi connectivity index (χ1v) is 7.40. The summed E-state index contributed by atoms with van der Waals surface area (Å²) >= 11 is 0. The lowest BCUT2D eigenvalue weighted by atomic mass is 9.95. The molecule has 0 saturated carbocycles. The number of nitrogens with one attached hydrogen (secondary N) is 1. The summed E-state index contributed by atoms with van der Waals surface area (Å²) in [6.07, 6.45) is 1.53. The summed E-state index contributed by atoms with van der Waals surface area (Å²) in [5.41, 5.74) is 4.47. The molecule has 110 valence electrons. The fourth-order valence-corrected chi connectivity index (χ4v) is 3.40. The minimum absolute atomic E-state index is 0.196. The number of hydrogen-bond donors (Lipinski definition) is 1. The molecule has 1 aromatic rings. The molecule has 2 heterocycles. The summed E-state index contributed by atoms with van der Waals surface area (Å²) in [6, 6.07) is 6.69. The maximum Gasteiger partial charge on any atom is 0.0971 e. The van der Waals surface area contributed by atoms with Crippen LogP contribution in [0, 0.1) is 0 Å². The summed E-state index contributed by atoms with van der Waals surface area (Å²) in [6.45, 7) is 5.01. The summed E-state index contributed by atoms with van der Waals surface area (Å²) in [5.74, 6) is 0. The van der Waals surface area contributed by atoms with Crippen molar-refractivity contribution in [2.75, 3.05) is 33.9 Å². The smallest absolute Gasteiger partial charge is 0.0971 e. The summed E-state index contributed by atoms with van der Waals surface area (Å²) in [4.78, 5) is 2.44. The number of methoxy groups -OCH3 is 2. The zero-order chi connectivity index (χ0) is 13.9. The number of benzene rings is 1. The Morgan fingerprint density at radius 3 is 2.65 bits per heavy atom. The van der Waals surface area contributed by atoms with Crippen LogP contribution in [0.2, 0.25) is 0 Å². The van der Waals surface area contributed by atoms with Crippen LogP contribution in [0.25, 0.3) is 0 Å². The van der Waals surface area contributed by atoms with Gasteiger partial charge in [0.15, 0.2) is 0 Å². The average molecular weight is 276 g/mol. The Morgan fingerprint density at radius 1 is 1.20 bits per heavy atom. The first-order valence-electron chi connectivity index (χ1n) is 7.40. The molecular formula is C16H24N2O2. The molecule has 0 aliphatic carbocycles. The first-order chi connectivity index (χ1) is 9.81. The van der Waals surface area contributed by atoms with Crippen molar-refractivity contribution in [1.82, 2.24) is 10.2 Å². The van der Waals surface area contributed by atoms with Gasteiger partial charge in [-0.25, -0.2) is 0 Å². The van der Waals surface area contributed by atoms with E-state index in [1.165, 1.54) is 11.1 Å². The molecule has 3 rings (SSSR count). The number of ether oxygens (including phenoxy) is 2. The quantitative estimate of drug-likeness (QED) is 0.895. The molecule has 2 atom stereocenters. The van der Waals surface area contributed by atoms with E-state index in [-0.39, 0.29) is 12.2 Å². The van der Waals surface area contributed by atoms with Gasteiger partial charge in [-0.1, -0.05) is 18.2 Å². The maximum absolute atomic E-state index is 5.52. The van der Waals surface area contributed by atoms with E-state index < -0.39 is 0 Å². The Morgan fingerprint density at radius 2 is 1.95 bits per heavy atom. The average Bonchev–Trinajstić information content (AvgIpc) is 2.90. The lowest BCUT2D eigenvalue weighted by Gasteiger charge is -2.23.